The fraction of sp³-hybridized carbons (Fsp3) is 0.600. The van der Waals surface area contributed by atoms with Gasteiger partial charge in [0.1, 0.15) is 0 Å². The van der Waals surface area contributed by atoms with Crippen LogP contribution in [0, 0.1) is 12.8 Å². The fourth-order valence-electron chi connectivity index (χ4n) is 2.33. The third-order valence-electron chi connectivity index (χ3n) is 3.13. The fourth-order valence-corrected chi connectivity index (χ4v) is 2.33. The second kappa shape index (κ2) is 6.70. The predicted octanol–water partition coefficient (Wildman–Crippen LogP) is 3.73. The van der Waals surface area contributed by atoms with Crippen LogP contribution in [-0.2, 0) is 0 Å². The molecule has 1 aromatic carbocycles. The van der Waals surface area contributed by atoms with Gasteiger partial charge >= 0.3 is 0 Å². The molecule has 0 aromatic heterocycles. The molecule has 0 bridgehead atoms. The van der Waals surface area contributed by atoms with Crippen molar-refractivity contribution in [1.82, 2.24) is 5.32 Å². The molecule has 0 aliphatic carbocycles. The molecule has 0 saturated carbocycles. The van der Waals surface area contributed by atoms with Crippen molar-refractivity contribution in [3.05, 3.63) is 35.4 Å². The smallest absolute Gasteiger partial charge is 0.00461 e. The van der Waals surface area contributed by atoms with Gasteiger partial charge in [0.2, 0.25) is 0 Å². The molecule has 90 valence electrons. The molecule has 0 radical (unpaired) electrons. The molecule has 1 atom stereocenters. The Morgan fingerprint density at radius 1 is 1.19 bits per heavy atom. The number of aryl methyl sites for hydroxylation is 1. The largest absolute Gasteiger partial charge is 0.320 e. The van der Waals surface area contributed by atoms with Crippen molar-refractivity contribution >= 4 is 0 Å². The Morgan fingerprint density at radius 3 is 2.44 bits per heavy atom. The molecule has 1 heteroatoms. The summed E-state index contributed by atoms with van der Waals surface area (Å²) in [6.45, 7) is 7.95. The first kappa shape index (κ1) is 13.2. The lowest BCUT2D eigenvalue weighted by molar-refractivity contribution is 0.469. The van der Waals surface area contributed by atoms with E-state index >= 15 is 0 Å². The van der Waals surface area contributed by atoms with Gasteiger partial charge in [-0.25, -0.2) is 0 Å². The van der Waals surface area contributed by atoms with Gasteiger partial charge in [-0.15, -0.1) is 0 Å². The van der Waals surface area contributed by atoms with E-state index in [1.165, 1.54) is 24.0 Å². The summed E-state index contributed by atoms with van der Waals surface area (Å²) < 4.78 is 0. The predicted molar refractivity (Wildman–Crippen MR) is 71.9 cm³/mol. The molecule has 0 aliphatic rings. The lowest BCUT2D eigenvalue weighted by Crippen LogP contribution is -2.14. The van der Waals surface area contributed by atoms with E-state index < -0.39 is 0 Å². The van der Waals surface area contributed by atoms with Gasteiger partial charge in [0, 0.05) is 0 Å². The molecule has 16 heavy (non-hydrogen) atoms. The van der Waals surface area contributed by atoms with Gasteiger partial charge in [-0.05, 0) is 56.3 Å². The van der Waals surface area contributed by atoms with Crippen LogP contribution in [0.5, 0.6) is 0 Å². The number of rotatable bonds is 6. The Morgan fingerprint density at radius 2 is 1.88 bits per heavy atom. The average molecular weight is 219 g/mol. The Balaban J connectivity index is 2.78. The van der Waals surface area contributed by atoms with Crippen LogP contribution in [0.25, 0.3) is 0 Å². The number of nitrogens with one attached hydrogen (secondary N) is 1. The molecule has 1 unspecified atom stereocenters. The number of hydrogen-bond donors (Lipinski definition) is 1. The van der Waals surface area contributed by atoms with Crippen molar-refractivity contribution < 1.29 is 0 Å². The van der Waals surface area contributed by atoms with E-state index in [4.69, 9.17) is 0 Å². The molecular weight excluding hydrogens is 194 g/mol. The van der Waals surface area contributed by atoms with Crippen LogP contribution < -0.4 is 5.32 Å². The van der Waals surface area contributed by atoms with Crippen LogP contribution in [0.3, 0.4) is 0 Å². The van der Waals surface area contributed by atoms with E-state index in [1.54, 1.807) is 0 Å². The second-order valence-electron chi connectivity index (χ2n) is 5.08. The summed E-state index contributed by atoms with van der Waals surface area (Å²) in [5, 5.41) is 3.26. The second-order valence-corrected chi connectivity index (χ2v) is 5.08. The van der Waals surface area contributed by atoms with Gasteiger partial charge in [0.25, 0.3) is 0 Å². The van der Waals surface area contributed by atoms with E-state index in [9.17, 15) is 0 Å². The zero-order valence-electron chi connectivity index (χ0n) is 11.1. The molecular formula is C15H25N. The monoisotopic (exact) mass is 219 g/mol. The van der Waals surface area contributed by atoms with Gasteiger partial charge in [-0.1, -0.05) is 38.1 Å². The first-order valence-corrected chi connectivity index (χ1v) is 6.35. The van der Waals surface area contributed by atoms with Crippen LogP contribution >= 0.6 is 0 Å². The van der Waals surface area contributed by atoms with Gasteiger partial charge in [-0.3, -0.25) is 0 Å². The number of benzene rings is 1. The summed E-state index contributed by atoms with van der Waals surface area (Å²) >= 11 is 0. The Kier molecular flexibility index (Phi) is 5.54. The average Bonchev–Trinajstić information content (AvgIpc) is 2.24. The first-order valence-electron chi connectivity index (χ1n) is 6.35. The Bertz CT molecular complexity index is 304. The lowest BCUT2D eigenvalue weighted by Gasteiger charge is -2.21. The summed E-state index contributed by atoms with van der Waals surface area (Å²) in [5.74, 6) is 1.47. The molecule has 1 nitrogen and oxygen atoms in total. The quantitative estimate of drug-likeness (QED) is 0.768. The minimum atomic E-state index is 0.702. The molecule has 1 rings (SSSR count). The van der Waals surface area contributed by atoms with E-state index in [2.05, 4.69) is 50.4 Å². The maximum Gasteiger partial charge on any atom is -0.00461 e. The molecule has 0 amide bonds. The maximum atomic E-state index is 3.26. The minimum absolute atomic E-state index is 0.702. The van der Waals surface area contributed by atoms with E-state index in [-0.39, 0.29) is 0 Å². The normalized spacial score (nSPS) is 13.1. The highest BCUT2D eigenvalue weighted by atomic mass is 14.8. The highest BCUT2D eigenvalue weighted by Gasteiger charge is 2.14. The maximum absolute atomic E-state index is 3.26. The third-order valence-corrected chi connectivity index (χ3v) is 3.13. The Hall–Kier alpha value is -0.820. The van der Waals surface area contributed by atoms with Crippen molar-refractivity contribution in [3.8, 4) is 0 Å². The van der Waals surface area contributed by atoms with Gasteiger partial charge < -0.3 is 5.32 Å². The molecule has 0 spiro atoms. The van der Waals surface area contributed by atoms with Crippen molar-refractivity contribution in [2.24, 2.45) is 5.92 Å². The summed E-state index contributed by atoms with van der Waals surface area (Å²) in [5.41, 5.74) is 2.97. The third kappa shape index (κ3) is 3.97. The van der Waals surface area contributed by atoms with E-state index in [1.807, 2.05) is 7.05 Å². The highest BCUT2D eigenvalue weighted by molar-refractivity contribution is 5.29. The summed E-state index contributed by atoms with van der Waals surface area (Å²) in [7, 11) is 2.03. The summed E-state index contributed by atoms with van der Waals surface area (Å²) in [6, 6.07) is 8.80. The zero-order valence-corrected chi connectivity index (χ0v) is 11.1. The molecule has 1 N–H and O–H groups in total. The minimum Gasteiger partial charge on any atom is -0.320 e. The van der Waals surface area contributed by atoms with Gasteiger partial charge in [-0.2, -0.15) is 0 Å². The lowest BCUT2D eigenvalue weighted by atomic mass is 9.85. The molecule has 0 saturated heterocycles. The van der Waals surface area contributed by atoms with E-state index in [0.29, 0.717) is 5.92 Å². The van der Waals surface area contributed by atoms with Gasteiger partial charge in [0.05, 0.1) is 0 Å². The Labute approximate surface area is 100 Å². The van der Waals surface area contributed by atoms with Crippen molar-refractivity contribution in [1.29, 1.82) is 0 Å². The SMILES string of the molecule is CNCCC(CC(C)C)c1ccccc1C. The first-order chi connectivity index (χ1) is 7.65. The topological polar surface area (TPSA) is 12.0 Å². The standard InChI is InChI=1S/C15H25N/c1-12(2)11-14(9-10-16-4)15-8-6-5-7-13(15)3/h5-8,12,14,16H,9-11H2,1-4H3. The van der Waals surface area contributed by atoms with Crippen molar-refractivity contribution in [2.45, 2.75) is 39.5 Å². The summed E-state index contributed by atoms with van der Waals surface area (Å²) in [6.07, 6.45) is 2.52. The van der Waals surface area contributed by atoms with Crippen LogP contribution in [0.2, 0.25) is 0 Å². The highest BCUT2D eigenvalue weighted by Crippen LogP contribution is 2.28. The van der Waals surface area contributed by atoms with E-state index in [0.717, 1.165) is 12.5 Å². The van der Waals surface area contributed by atoms with Crippen molar-refractivity contribution in [2.75, 3.05) is 13.6 Å². The van der Waals surface area contributed by atoms with Crippen LogP contribution in [-0.4, -0.2) is 13.6 Å². The molecule has 0 fully saturated rings. The summed E-state index contributed by atoms with van der Waals surface area (Å²) in [4.78, 5) is 0. The zero-order chi connectivity index (χ0) is 12.0. The van der Waals surface area contributed by atoms with Crippen LogP contribution in [0.1, 0.15) is 43.7 Å². The van der Waals surface area contributed by atoms with Crippen LogP contribution in [0.4, 0.5) is 0 Å². The molecule has 1 aromatic rings. The molecule has 0 aliphatic heterocycles. The number of hydrogen-bond acceptors (Lipinski definition) is 1. The van der Waals surface area contributed by atoms with Gasteiger partial charge in [0.15, 0.2) is 0 Å². The van der Waals surface area contributed by atoms with Crippen LogP contribution in [0.15, 0.2) is 24.3 Å². The molecule has 0 heterocycles. The van der Waals surface area contributed by atoms with Crippen molar-refractivity contribution in [3.63, 3.8) is 0 Å².